The Kier molecular flexibility index (Phi) is 3.81. The van der Waals surface area contributed by atoms with Crippen molar-refractivity contribution in [3.05, 3.63) is 23.1 Å². The second kappa shape index (κ2) is 5.04. The number of nitrogens with zero attached hydrogens (tertiary/aromatic N) is 1. The molecule has 1 aliphatic rings. The Morgan fingerprint density at radius 3 is 2.78 bits per heavy atom. The average molecular weight is 272 g/mol. The smallest absolute Gasteiger partial charge is 0.250 e. The van der Waals surface area contributed by atoms with Gasteiger partial charge in [0.15, 0.2) is 5.82 Å². The van der Waals surface area contributed by atoms with E-state index >= 15 is 0 Å². The molecule has 4 heteroatoms. The van der Waals surface area contributed by atoms with E-state index in [1.165, 1.54) is 18.7 Å². The summed E-state index contributed by atoms with van der Waals surface area (Å²) >= 11 is 5.67. The Bertz CT molecular complexity index is 436. The number of rotatable bonds is 2. The monoisotopic (exact) mass is 271 g/mol. The van der Waals surface area contributed by atoms with Crippen LogP contribution in [0, 0.1) is 17.2 Å². The summed E-state index contributed by atoms with van der Waals surface area (Å²) in [7, 11) is 0. The lowest BCUT2D eigenvalue weighted by molar-refractivity contribution is 0.0503. The van der Waals surface area contributed by atoms with Crippen LogP contribution in [0.3, 0.4) is 0 Å². The molecule has 100 valence electrons. The first-order valence-electron chi connectivity index (χ1n) is 6.33. The highest BCUT2D eigenvalue weighted by Gasteiger charge is 2.33. The summed E-state index contributed by atoms with van der Waals surface area (Å²) in [6.45, 7) is 6.66. The molecule has 2 nitrogen and oxygen atoms in total. The molecule has 0 spiro atoms. The quantitative estimate of drug-likeness (QED) is 0.792. The minimum Gasteiger partial charge on any atom is -0.472 e. The highest BCUT2D eigenvalue weighted by atomic mass is 35.5. The van der Waals surface area contributed by atoms with E-state index in [1.54, 1.807) is 0 Å². The van der Waals surface area contributed by atoms with Crippen LogP contribution in [-0.4, -0.2) is 11.1 Å². The zero-order chi connectivity index (χ0) is 13.3. The number of hydrogen-bond donors (Lipinski definition) is 0. The van der Waals surface area contributed by atoms with Gasteiger partial charge in [0.2, 0.25) is 0 Å². The van der Waals surface area contributed by atoms with Gasteiger partial charge < -0.3 is 4.74 Å². The number of halogens is 2. The fourth-order valence-corrected chi connectivity index (χ4v) is 3.14. The molecule has 2 unspecified atom stereocenters. The van der Waals surface area contributed by atoms with Gasteiger partial charge in [0, 0.05) is 6.20 Å². The predicted molar refractivity (Wildman–Crippen MR) is 70.4 cm³/mol. The summed E-state index contributed by atoms with van der Waals surface area (Å²) in [6.07, 6.45) is 4.52. The lowest BCUT2D eigenvalue weighted by Gasteiger charge is -2.38. The van der Waals surface area contributed by atoms with Crippen molar-refractivity contribution in [2.24, 2.45) is 11.3 Å². The zero-order valence-electron chi connectivity index (χ0n) is 11.0. The second-order valence-electron chi connectivity index (χ2n) is 6.09. The highest BCUT2D eigenvalue weighted by Crippen LogP contribution is 2.40. The van der Waals surface area contributed by atoms with Crippen LogP contribution in [0.1, 0.15) is 40.0 Å². The Balaban J connectivity index is 2.09. The Morgan fingerprint density at radius 1 is 1.44 bits per heavy atom. The molecule has 18 heavy (non-hydrogen) atoms. The van der Waals surface area contributed by atoms with E-state index in [9.17, 15) is 4.39 Å². The van der Waals surface area contributed by atoms with Crippen LogP contribution in [-0.2, 0) is 0 Å². The van der Waals surface area contributed by atoms with Crippen molar-refractivity contribution in [2.75, 3.05) is 0 Å². The fraction of sp³-hybridized carbons (Fsp3) is 0.643. The summed E-state index contributed by atoms with van der Waals surface area (Å²) in [5, 5.41) is 0.289. The van der Waals surface area contributed by atoms with Crippen LogP contribution in [0.5, 0.6) is 5.88 Å². The van der Waals surface area contributed by atoms with Gasteiger partial charge in [-0.1, -0.05) is 32.4 Å². The van der Waals surface area contributed by atoms with E-state index in [2.05, 4.69) is 25.8 Å². The van der Waals surface area contributed by atoms with Crippen LogP contribution >= 0.6 is 11.6 Å². The van der Waals surface area contributed by atoms with Crippen molar-refractivity contribution >= 4 is 11.6 Å². The first-order chi connectivity index (χ1) is 8.35. The summed E-state index contributed by atoms with van der Waals surface area (Å²) in [4.78, 5) is 3.92. The van der Waals surface area contributed by atoms with Gasteiger partial charge in [0.1, 0.15) is 6.10 Å². The second-order valence-corrected chi connectivity index (χ2v) is 6.53. The third-order valence-electron chi connectivity index (χ3n) is 3.40. The lowest BCUT2D eigenvalue weighted by atomic mass is 9.71. The molecule has 0 aromatic carbocycles. The molecule has 1 saturated carbocycles. The molecule has 1 aromatic heterocycles. The number of aromatic nitrogens is 1. The number of pyridine rings is 1. The maximum absolute atomic E-state index is 13.6. The zero-order valence-corrected chi connectivity index (χ0v) is 11.8. The van der Waals surface area contributed by atoms with E-state index in [4.69, 9.17) is 16.3 Å². The summed E-state index contributed by atoms with van der Waals surface area (Å²) in [5.41, 5.74) is 0.241. The molecule has 0 aliphatic heterocycles. The maximum Gasteiger partial charge on any atom is 0.250 e. The fourth-order valence-electron chi connectivity index (χ4n) is 2.99. The van der Waals surface area contributed by atoms with Crippen molar-refractivity contribution in [3.8, 4) is 5.88 Å². The van der Waals surface area contributed by atoms with E-state index in [0.717, 1.165) is 12.8 Å². The van der Waals surface area contributed by atoms with E-state index in [1.807, 2.05) is 0 Å². The molecule has 0 saturated heterocycles. The molecule has 0 radical (unpaired) electrons. The van der Waals surface area contributed by atoms with E-state index in [-0.39, 0.29) is 22.4 Å². The minimum atomic E-state index is -0.487. The SMILES string of the molecule is CC1CC(Oc2ncc(Cl)cc2F)CC(C)(C)C1. The molecule has 0 bridgehead atoms. The van der Waals surface area contributed by atoms with Crippen molar-refractivity contribution < 1.29 is 9.13 Å². The molecular formula is C14H19ClFNO. The largest absolute Gasteiger partial charge is 0.472 e. The molecule has 2 rings (SSSR count). The van der Waals surface area contributed by atoms with Gasteiger partial charge >= 0.3 is 0 Å². The number of ether oxygens (including phenoxy) is 1. The van der Waals surface area contributed by atoms with Crippen molar-refractivity contribution in [2.45, 2.75) is 46.1 Å². The Labute approximate surface area is 113 Å². The van der Waals surface area contributed by atoms with Gasteiger partial charge in [-0.3, -0.25) is 0 Å². The molecule has 1 aromatic rings. The van der Waals surface area contributed by atoms with Crippen molar-refractivity contribution in [3.63, 3.8) is 0 Å². The molecule has 0 N–H and O–H groups in total. The van der Waals surface area contributed by atoms with E-state index < -0.39 is 5.82 Å². The Hall–Kier alpha value is -0.830. The lowest BCUT2D eigenvalue weighted by Crippen LogP contribution is -2.34. The molecule has 1 fully saturated rings. The first-order valence-corrected chi connectivity index (χ1v) is 6.71. The van der Waals surface area contributed by atoms with Crippen LogP contribution in [0.15, 0.2) is 12.3 Å². The normalized spacial score (nSPS) is 26.9. The van der Waals surface area contributed by atoms with Crippen LogP contribution < -0.4 is 4.74 Å². The molecule has 1 aliphatic carbocycles. The number of hydrogen-bond acceptors (Lipinski definition) is 2. The van der Waals surface area contributed by atoms with Crippen LogP contribution in [0.4, 0.5) is 4.39 Å². The minimum absolute atomic E-state index is 0.0342. The van der Waals surface area contributed by atoms with Gasteiger partial charge in [0.25, 0.3) is 5.88 Å². The van der Waals surface area contributed by atoms with E-state index in [0.29, 0.717) is 5.92 Å². The summed E-state index contributed by atoms with van der Waals surface area (Å²) in [6, 6.07) is 1.24. The third kappa shape index (κ3) is 3.35. The standard InChI is InChI=1S/C14H19ClFNO/c1-9-4-11(7-14(2,3)6-9)18-13-12(16)5-10(15)8-17-13/h5,8-9,11H,4,6-7H2,1-3H3. The molecule has 1 heterocycles. The maximum atomic E-state index is 13.6. The predicted octanol–water partition coefficient (Wildman–Crippen LogP) is 4.47. The molecule has 2 atom stereocenters. The van der Waals surface area contributed by atoms with Gasteiger partial charge in [-0.2, -0.15) is 0 Å². The highest BCUT2D eigenvalue weighted by molar-refractivity contribution is 6.30. The first kappa shape index (κ1) is 13.6. The van der Waals surface area contributed by atoms with Gasteiger partial charge in [0.05, 0.1) is 5.02 Å². The molecular weight excluding hydrogens is 253 g/mol. The third-order valence-corrected chi connectivity index (χ3v) is 3.61. The van der Waals surface area contributed by atoms with Crippen LogP contribution in [0.2, 0.25) is 5.02 Å². The van der Waals surface area contributed by atoms with Crippen molar-refractivity contribution in [1.29, 1.82) is 0 Å². The molecule has 0 amide bonds. The average Bonchev–Trinajstić information content (AvgIpc) is 2.19. The summed E-state index contributed by atoms with van der Waals surface area (Å²) in [5.74, 6) is 0.168. The topological polar surface area (TPSA) is 22.1 Å². The Morgan fingerprint density at radius 2 is 2.17 bits per heavy atom. The van der Waals surface area contributed by atoms with Gasteiger partial charge in [-0.15, -0.1) is 0 Å². The summed E-state index contributed by atoms with van der Waals surface area (Å²) < 4.78 is 19.3. The van der Waals surface area contributed by atoms with Crippen LogP contribution in [0.25, 0.3) is 0 Å². The van der Waals surface area contributed by atoms with Crippen molar-refractivity contribution in [1.82, 2.24) is 4.98 Å². The van der Waals surface area contributed by atoms with Gasteiger partial charge in [-0.05, 0) is 36.7 Å². The van der Waals surface area contributed by atoms with Gasteiger partial charge in [-0.25, -0.2) is 9.37 Å².